The fraction of sp³-hybridized carbons (Fsp3) is 0.529. The molecule has 0 spiro atoms. The summed E-state index contributed by atoms with van der Waals surface area (Å²) in [6.07, 6.45) is 2.49. The van der Waals surface area contributed by atoms with E-state index in [4.69, 9.17) is 0 Å². The third-order valence-electron chi connectivity index (χ3n) is 4.35. The molecular formula is C17H23N3. The van der Waals surface area contributed by atoms with Crippen LogP contribution in [0.3, 0.4) is 0 Å². The molecule has 3 nitrogen and oxygen atoms in total. The molecular weight excluding hydrogens is 246 g/mol. The zero-order valence-corrected chi connectivity index (χ0v) is 12.3. The third-order valence-corrected chi connectivity index (χ3v) is 4.35. The van der Waals surface area contributed by atoms with Gasteiger partial charge in [0.1, 0.15) is 0 Å². The van der Waals surface area contributed by atoms with Crippen molar-refractivity contribution < 1.29 is 0 Å². The summed E-state index contributed by atoms with van der Waals surface area (Å²) in [5.74, 6) is 7.52. The summed E-state index contributed by atoms with van der Waals surface area (Å²) >= 11 is 0. The SMILES string of the molecule is CN(C)c1ccc(C#CC2CC3CCNCC3N2)cc1. The van der Waals surface area contributed by atoms with E-state index in [0.717, 1.165) is 24.6 Å². The van der Waals surface area contributed by atoms with Crippen molar-refractivity contribution in [3.05, 3.63) is 29.8 Å². The van der Waals surface area contributed by atoms with Gasteiger partial charge in [0.05, 0.1) is 6.04 Å². The highest BCUT2D eigenvalue weighted by molar-refractivity contribution is 5.49. The number of rotatable bonds is 1. The van der Waals surface area contributed by atoms with E-state index in [2.05, 4.69) is 65.7 Å². The second kappa shape index (κ2) is 5.87. The minimum atomic E-state index is 0.360. The standard InChI is InChI=1S/C17H23N3/c1-20(2)16-7-4-13(5-8-16)3-6-15-11-14-9-10-18-12-17(14)19-15/h4-5,7-8,14-15,17-19H,9-12H2,1-2H3. The van der Waals surface area contributed by atoms with E-state index in [1.54, 1.807) is 0 Å². The van der Waals surface area contributed by atoms with Crippen LogP contribution in [0.4, 0.5) is 5.69 Å². The van der Waals surface area contributed by atoms with Gasteiger partial charge in [-0.05, 0) is 49.6 Å². The van der Waals surface area contributed by atoms with Crippen molar-refractivity contribution in [2.75, 3.05) is 32.1 Å². The lowest BCUT2D eigenvalue weighted by Gasteiger charge is -2.25. The topological polar surface area (TPSA) is 27.3 Å². The van der Waals surface area contributed by atoms with Gasteiger partial charge in [0, 0.05) is 37.9 Å². The van der Waals surface area contributed by atoms with Gasteiger partial charge < -0.3 is 10.2 Å². The molecule has 1 aromatic carbocycles. The molecule has 0 aliphatic carbocycles. The molecule has 2 aliphatic heterocycles. The molecule has 2 heterocycles. The molecule has 0 saturated carbocycles. The van der Waals surface area contributed by atoms with Gasteiger partial charge >= 0.3 is 0 Å². The van der Waals surface area contributed by atoms with E-state index in [1.807, 2.05) is 0 Å². The minimum Gasteiger partial charge on any atom is -0.378 e. The van der Waals surface area contributed by atoms with Crippen LogP contribution in [0.15, 0.2) is 24.3 Å². The van der Waals surface area contributed by atoms with Gasteiger partial charge in [-0.15, -0.1) is 0 Å². The molecule has 2 saturated heterocycles. The Balaban J connectivity index is 1.63. The first kappa shape index (κ1) is 13.5. The van der Waals surface area contributed by atoms with Gasteiger partial charge in [0.25, 0.3) is 0 Å². The van der Waals surface area contributed by atoms with Crippen molar-refractivity contribution >= 4 is 5.69 Å². The smallest absolute Gasteiger partial charge is 0.0699 e. The minimum absolute atomic E-state index is 0.360. The average Bonchev–Trinajstić information content (AvgIpc) is 2.88. The van der Waals surface area contributed by atoms with Crippen LogP contribution in [0.2, 0.25) is 0 Å². The van der Waals surface area contributed by atoms with Crippen LogP contribution in [0.1, 0.15) is 18.4 Å². The molecule has 20 heavy (non-hydrogen) atoms. The number of nitrogens with zero attached hydrogens (tertiary/aromatic N) is 1. The Bertz CT molecular complexity index is 495. The first-order valence-electron chi connectivity index (χ1n) is 7.48. The molecule has 0 radical (unpaired) electrons. The lowest BCUT2D eigenvalue weighted by molar-refractivity contribution is 0.343. The molecule has 1 aromatic rings. The second-order valence-corrected chi connectivity index (χ2v) is 6.02. The molecule has 106 valence electrons. The third kappa shape index (κ3) is 2.98. The van der Waals surface area contributed by atoms with Crippen molar-refractivity contribution in [1.29, 1.82) is 0 Å². The second-order valence-electron chi connectivity index (χ2n) is 6.02. The summed E-state index contributed by atoms with van der Waals surface area (Å²) in [5, 5.41) is 7.10. The fourth-order valence-corrected chi connectivity index (χ4v) is 3.13. The molecule has 3 heteroatoms. The first-order chi connectivity index (χ1) is 9.72. The summed E-state index contributed by atoms with van der Waals surface area (Å²) in [4.78, 5) is 2.10. The molecule has 2 aliphatic rings. The van der Waals surface area contributed by atoms with E-state index >= 15 is 0 Å². The molecule has 3 atom stereocenters. The molecule has 3 rings (SSSR count). The monoisotopic (exact) mass is 269 g/mol. The van der Waals surface area contributed by atoms with Crippen LogP contribution in [-0.2, 0) is 0 Å². The maximum Gasteiger partial charge on any atom is 0.0699 e. The maximum atomic E-state index is 3.65. The zero-order chi connectivity index (χ0) is 13.9. The molecule has 2 N–H and O–H groups in total. The van der Waals surface area contributed by atoms with Crippen LogP contribution in [0.5, 0.6) is 0 Å². The Morgan fingerprint density at radius 2 is 2.00 bits per heavy atom. The Kier molecular flexibility index (Phi) is 3.95. The highest BCUT2D eigenvalue weighted by Crippen LogP contribution is 2.25. The number of fused-ring (bicyclic) bond motifs is 1. The molecule has 2 fully saturated rings. The van der Waals surface area contributed by atoms with E-state index in [1.165, 1.54) is 18.5 Å². The van der Waals surface area contributed by atoms with Crippen molar-refractivity contribution in [1.82, 2.24) is 10.6 Å². The quantitative estimate of drug-likeness (QED) is 0.756. The summed E-state index contributed by atoms with van der Waals surface area (Å²) in [5.41, 5.74) is 2.32. The molecule has 0 amide bonds. The van der Waals surface area contributed by atoms with Crippen molar-refractivity contribution in [3.8, 4) is 11.8 Å². The van der Waals surface area contributed by atoms with Crippen molar-refractivity contribution in [2.24, 2.45) is 5.92 Å². The van der Waals surface area contributed by atoms with Gasteiger partial charge in [-0.1, -0.05) is 11.8 Å². The highest BCUT2D eigenvalue weighted by atomic mass is 15.1. The van der Waals surface area contributed by atoms with Crippen LogP contribution >= 0.6 is 0 Å². The molecule has 3 unspecified atom stereocenters. The van der Waals surface area contributed by atoms with Crippen LogP contribution in [0.25, 0.3) is 0 Å². The summed E-state index contributed by atoms with van der Waals surface area (Å²) in [6.45, 7) is 2.26. The average molecular weight is 269 g/mol. The number of piperidine rings is 1. The van der Waals surface area contributed by atoms with Gasteiger partial charge in [-0.2, -0.15) is 0 Å². The summed E-state index contributed by atoms with van der Waals surface area (Å²) in [7, 11) is 4.11. The summed E-state index contributed by atoms with van der Waals surface area (Å²) < 4.78 is 0. The number of benzene rings is 1. The van der Waals surface area contributed by atoms with E-state index in [9.17, 15) is 0 Å². The Labute approximate surface area is 121 Å². The van der Waals surface area contributed by atoms with Gasteiger partial charge in [-0.25, -0.2) is 0 Å². The zero-order valence-electron chi connectivity index (χ0n) is 12.3. The van der Waals surface area contributed by atoms with Crippen LogP contribution in [0, 0.1) is 17.8 Å². The van der Waals surface area contributed by atoms with Gasteiger partial charge in [0.2, 0.25) is 0 Å². The summed E-state index contributed by atoms with van der Waals surface area (Å²) in [6, 6.07) is 9.43. The van der Waals surface area contributed by atoms with E-state index in [-0.39, 0.29) is 0 Å². The predicted molar refractivity (Wildman–Crippen MR) is 84.0 cm³/mol. The van der Waals surface area contributed by atoms with Crippen LogP contribution < -0.4 is 15.5 Å². The van der Waals surface area contributed by atoms with Gasteiger partial charge in [0.15, 0.2) is 0 Å². The number of nitrogens with one attached hydrogen (secondary N) is 2. The van der Waals surface area contributed by atoms with E-state index in [0.29, 0.717) is 12.1 Å². The lowest BCUT2D eigenvalue weighted by atomic mass is 9.93. The number of hydrogen-bond acceptors (Lipinski definition) is 3. The number of anilines is 1. The Morgan fingerprint density at radius 1 is 1.20 bits per heavy atom. The van der Waals surface area contributed by atoms with Crippen molar-refractivity contribution in [3.63, 3.8) is 0 Å². The molecule has 0 aromatic heterocycles. The number of hydrogen-bond donors (Lipinski definition) is 2. The normalized spacial score (nSPS) is 28.4. The lowest BCUT2D eigenvalue weighted by Crippen LogP contribution is -2.44. The van der Waals surface area contributed by atoms with Gasteiger partial charge in [-0.3, -0.25) is 5.32 Å². The Morgan fingerprint density at radius 3 is 2.70 bits per heavy atom. The van der Waals surface area contributed by atoms with Crippen LogP contribution in [-0.4, -0.2) is 39.3 Å². The predicted octanol–water partition coefficient (Wildman–Crippen LogP) is 1.44. The fourth-order valence-electron chi connectivity index (χ4n) is 3.13. The Hall–Kier alpha value is -1.50. The largest absolute Gasteiger partial charge is 0.378 e. The maximum absolute atomic E-state index is 3.65. The molecule has 0 bridgehead atoms. The van der Waals surface area contributed by atoms with E-state index < -0.39 is 0 Å². The van der Waals surface area contributed by atoms with Crippen molar-refractivity contribution in [2.45, 2.75) is 24.9 Å². The first-order valence-corrected chi connectivity index (χ1v) is 7.48. The highest BCUT2D eigenvalue weighted by Gasteiger charge is 2.34.